The molecule has 0 N–H and O–H groups in total. The standard InChI is InChI=1S/C24H26N2O5/c1-2-3-4-5-6-7-16-30-21-14-8-18(9-15-21)17-22-24(27)31-23(25-22)19-10-12-20(13-11-19)26(28)29/h8-15,17H,2-7,16H2,1H3. The molecule has 0 unspecified atom stereocenters. The highest BCUT2D eigenvalue weighted by Crippen LogP contribution is 2.22. The molecule has 1 heterocycles. The van der Waals surface area contributed by atoms with Crippen LogP contribution < -0.4 is 4.74 Å². The smallest absolute Gasteiger partial charge is 0.363 e. The molecule has 2 aromatic rings. The lowest BCUT2D eigenvalue weighted by atomic mass is 10.1. The van der Waals surface area contributed by atoms with Crippen LogP contribution in [0, 0.1) is 10.1 Å². The number of nitro benzene ring substituents is 1. The number of aliphatic imine (C=N–C) groups is 1. The molecule has 0 saturated heterocycles. The van der Waals surface area contributed by atoms with Gasteiger partial charge in [0.15, 0.2) is 5.70 Å². The van der Waals surface area contributed by atoms with Gasteiger partial charge >= 0.3 is 5.97 Å². The Kier molecular flexibility index (Phi) is 7.92. The van der Waals surface area contributed by atoms with Gasteiger partial charge < -0.3 is 9.47 Å². The van der Waals surface area contributed by atoms with E-state index in [9.17, 15) is 14.9 Å². The lowest BCUT2D eigenvalue weighted by Crippen LogP contribution is -2.05. The van der Waals surface area contributed by atoms with Gasteiger partial charge in [0.2, 0.25) is 5.90 Å². The number of hydrogen-bond acceptors (Lipinski definition) is 6. The normalized spacial score (nSPS) is 14.4. The van der Waals surface area contributed by atoms with E-state index >= 15 is 0 Å². The second-order valence-electron chi connectivity index (χ2n) is 7.33. The molecule has 1 aliphatic rings. The van der Waals surface area contributed by atoms with E-state index in [0.29, 0.717) is 12.2 Å². The molecule has 0 fully saturated rings. The van der Waals surface area contributed by atoms with Gasteiger partial charge in [-0.25, -0.2) is 9.79 Å². The average molecular weight is 422 g/mol. The summed E-state index contributed by atoms with van der Waals surface area (Å²) in [5, 5.41) is 10.8. The Labute approximate surface area is 181 Å². The summed E-state index contributed by atoms with van der Waals surface area (Å²) in [6, 6.07) is 13.1. The van der Waals surface area contributed by atoms with E-state index < -0.39 is 10.9 Å². The van der Waals surface area contributed by atoms with Crippen molar-refractivity contribution in [3.05, 3.63) is 75.5 Å². The highest BCUT2D eigenvalue weighted by molar-refractivity contribution is 6.12. The Morgan fingerprint density at radius 3 is 2.35 bits per heavy atom. The molecule has 0 aromatic heterocycles. The molecule has 1 aliphatic heterocycles. The maximum Gasteiger partial charge on any atom is 0.363 e. The van der Waals surface area contributed by atoms with E-state index in [1.165, 1.54) is 56.4 Å². The Morgan fingerprint density at radius 2 is 1.68 bits per heavy atom. The van der Waals surface area contributed by atoms with Gasteiger partial charge in [-0.05, 0) is 42.3 Å². The van der Waals surface area contributed by atoms with Crippen LogP contribution in [-0.2, 0) is 9.53 Å². The van der Waals surface area contributed by atoms with E-state index in [-0.39, 0.29) is 17.3 Å². The second kappa shape index (κ2) is 11.1. The molecule has 0 aliphatic carbocycles. The van der Waals surface area contributed by atoms with Gasteiger partial charge in [-0.3, -0.25) is 10.1 Å². The first kappa shape index (κ1) is 22.2. The van der Waals surface area contributed by atoms with Crippen LogP contribution in [0.5, 0.6) is 5.75 Å². The zero-order chi connectivity index (χ0) is 22.1. The van der Waals surface area contributed by atoms with Crippen molar-refractivity contribution in [1.29, 1.82) is 0 Å². The molecule has 7 nitrogen and oxygen atoms in total. The predicted octanol–water partition coefficient (Wildman–Crippen LogP) is 5.68. The third-order valence-electron chi connectivity index (χ3n) is 4.90. The Bertz CT molecular complexity index is 962. The summed E-state index contributed by atoms with van der Waals surface area (Å²) in [5.41, 5.74) is 1.44. The van der Waals surface area contributed by atoms with Gasteiger partial charge in [-0.1, -0.05) is 51.2 Å². The van der Waals surface area contributed by atoms with Gasteiger partial charge in [0.1, 0.15) is 5.75 Å². The molecule has 162 valence electrons. The van der Waals surface area contributed by atoms with Crippen LogP contribution in [0.15, 0.2) is 59.2 Å². The van der Waals surface area contributed by atoms with Crippen molar-refractivity contribution in [2.75, 3.05) is 6.61 Å². The van der Waals surface area contributed by atoms with Gasteiger partial charge in [-0.15, -0.1) is 0 Å². The number of ether oxygens (including phenoxy) is 2. The molecule has 0 bridgehead atoms. The minimum Gasteiger partial charge on any atom is -0.494 e. The third kappa shape index (κ3) is 6.50. The lowest BCUT2D eigenvalue weighted by Gasteiger charge is -2.06. The summed E-state index contributed by atoms with van der Waals surface area (Å²) >= 11 is 0. The van der Waals surface area contributed by atoms with Crippen molar-refractivity contribution < 1.29 is 19.2 Å². The van der Waals surface area contributed by atoms with E-state index in [1.807, 2.05) is 24.3 Å². The molecular weight excluding hydrogens is 396 g/mol. The zero-order valence-electron chi connectivity index (χ0n) is 17.6. The first-order chi connectivity index (χ1) is 15.1. The minimum atomic E-state index is -0.559. The molecule has 2 aromatic carbocycles. The largest absolute Gasteiger partial charge is 0.494 e. The Balaban J connectivity index is 1.56. The first-order valence-corrected chi connectivity index (χ1v) is 10.6. The quantitative estimate of drug-likeness (QED) is 0.153. The van der Waals surface area contributed by atoms with E-state index in [0.717, 1.165) is 17.7 Å². The number of carbonyl (C=O) groups excluding carboxylic acids is 1. The number of unbranched alkanes of at least 4 members (excludes halogenated alkanes) is 5. The molecule has 3 rings (SSSR count). The van der Waals surface area contributed by atoms with Gasteiger partial charge in [0.05, 0.1) is 11.5 Å². The SMILES string of the molecule is CCCCCCCCOc1ccc(C=C2N=C(c3ccc([N+](=O)[O-])cc3)OC2=O)cc1. The van der Waals surface area contributed by atoms with Crippen molar-refractivity contribution in [3.8, 4) is 5.75 Å². The van der Waals surface area contributed by atoms with Crippen molar-refractivity contribution in [1.82, 2.24) is 0 Å². The minimum absolute atomic E-state index is 0.0387. The van der Waals surface area contributed by atoms with E-state index in [1.54, 1.807) is 6.08 Å². The predicted molar refractivity (Wildman–Crippen MR) is 119 cm³/mol. The highest BCUT2D eigenvalue weighted by atomic mass is 16.6. The number of rotatable bonds is 11. The van der Waals surface area contributed by atoms with E-state index in [4.69, 9.17) is 9.47 Å². The topological polar surface area (TPSA) is 91.0 Å². The van der Waals surface area contributed by atoms with Crippen LogP contribution >= 0.6 is 0 Å². The van der Waals surface area contributed by atoms with Crippen molar-refractivity contribution in [2.45, 2.75) is 45.4 Å². The fraction of sp³-hybridized carbons (Fsp3) is 0.333. The monoisotopic (exact) mass is 422 g/mol. The number of benzene rings is 2. The second-order valence-corrected chi connectivity index (χ2v) is 7.33. The highest BCUT2D eigenvalue weighted by Gasteiger charge is 2.24. The number of cyclic esters (lactones) is 1. The van der Waals surface area contributed by atoms with E-state index in [2.05, 4.69) is 11.9 Å². The van der Waals surface area contributed by atoms with Crippen molar-refractivity contribution >= 4 is 23.6 Å². The van der Waals surface area contributed by atoms with Gasteiger partial charge in [0, 0.05) is 17.7 Å². The number of nitrogens with zero attached hydrogens (tertiary/aromatic N) is 2. The van der Waals surface area contributed by atoms with Crippen LogP contribution in [-0.4, -0.2) is 23.4 Å². The van der Waals surface area contributed by atoms with Crippen molar-refractivity contribution in [2.24, 2.45) is 4.99 Å². The lowest BCUT2D eigenvalue weighted by molar-refractivity contribution is -0.384. The van der Waals surface area contributed by atoms with Crippen LogP contribution in [0.25, 0.3) is 6.08 Å². The maximum absolute atomic E-state index is 12.1. The summed E-state index contributed by atoms with van der Waals surface area (Å²) in [6.45, 7) is 2.91. The molecule has 0 saturated carbocycles. The zero-order valence-corrected chi connectivity index (χ0v) is 17.6. The average Bonchev–Trinajstić information content (AvgIpc) is 3.14. The molecule has 0 spiro atoms. The fourth-order valence-electron chi connectivity index (χ4n) is 3.15. The molecular formula is C24H26N2O5. The molecule has 7 heteroatoms. The van der Waals surface area contributed by atoms with Crippen LogP contribution in [0.3, 0.4) is 0 Å². The number of carbonyl (C=O) groups is 1. The fourth-order valence-corrected chi connectivity index (χ4v) is 3.15. The maximum atomic E-state index is 12.1. The summed E-state index contributed by atoms with van der Waals surface area (Å²) in [4.78, 5) is 26.6. The number of non-ortho nitro benzene ring substituents is 1. The number of esters is 1. The Hall–Kier alpha value is -3.48. The number of nitro groups is 1. The summed E-state index contributed by atoms with van der Waals surface area (Å²) in [6.07, 6.45) is 8.95. The molecule has 0 radical (unpaired) electrons. The molecule has 0 atom stereocenters. The van der Waals surface area contributed by atoms with Crippen molar-refractivity contribution in [3.63, 3.8) is 0 Å². The Morgan fingerprint density at radius 1 is 1.00 bits per heavy atom. The van der Waals surface area contributed by atoms with Gasteiger partial charge in [0.25, 0.3) is 5.69 Å². The first-order valence-electron chi connectivity index (χ1n) is 10.6. The molecule has 31 heavy (non-hydrogen) atoms. The summed E-state index contributed by atoms with van der Waals surface area (Å²) in [7, 11) is 0. The van der Waals surface area contributed by atoms with Crippen LogP contribution in [0.4, 0.5) is 5.69 Å². The summed E-state index contributed by atoms with van der Waals surface area (Å²) < 4.78 is 11.0. The summed E-state index contributed by atoms with van der Waals surface area (Å²) in [5.74, 6) is 0.363. The molecule has 0 amide bonds. The van der Waals surface area contributed by atoms with Crippen LogP contribution in [0.2, 0.25) is 0 Å². The van der Waals surface area contributed by atoms with Crippen LogP contribution in [0.1, 0.15) is 56.6 Å². The van der Waals surface area contributed by atoms with Gasteiger partial charge in [-0.2, -0.15) is 0 Å². The third-order valence-corrected chi connectivity index (χ3v) is 4.90. The number of hydrogen-bond donors (Lipinski definition) is 0.